The van der Waals surface area contributed by atoms with Crippen molar-refractivity contribution >= 4 is 0 Å². The summed E-state index contributed by atoms with van der Waals surface area (Å²) in [5, 5.41) is 7.21. The van der Waals surface area contributed by atoms with E-state index in [2.05, 4.69) is 41.2 Å². The lowest BCUT2D eigenvalue weighted by molar-refractivity contribution is 0.781. The highest BCUT2D eigenvalue weighted by molar-refractivity contribution is 5.55. The summed E-state index contributed by atoms with van der Waals surface area (Å²) in [5.41, 5.74) is 7.82. The summed E-state index contributed by atoms with van der Waals surface area (Å²) >= 11 is 0. The van der Waals surface area contributed by atoms with E-state index in [4.69, 9.17) is 5.73 Å². The second kappa shape index (κ2) is 5.10. The topological polar surface area (TPSA) is 67.6 Å². The van der Waals surface area contributed by atoms with E-state index in [9.17, 15) is 0 Å². The van der Waals surface area contributed by atoms with Crippen molar-refractivity contribution in [3.8, 4) is 11.4 Å². The largest absolute Gasteiger partial charge is 0.330 e. The molecule has 1 aromatic carbocycles. The maximum atomic E-state index is 5.56. The zero-order valence-corrected chi connectivity index (χ0v) is 10.3. The van der Waals surface area contributed by atoms with Crippen LogP contribution in [0, 0.1) is 0 Å². The number of rotatable bonds is 4. The van der Waals surface area contributed by atoms with Crippen LogP contribution in [0.15, 0.2) is 24.3 Å². The van der Waals surface area contributed by atoms with Crippen molar-refractivity contribution in [3.63, 3.8) is 0 Å². The van der Waals surface area contributed by atoms with E-state index in [-0.39, 0.29) is 0 Å². The number of nitrogens with one attached hydrogen (secondary N) is 1. The molecule has 0 unspecified atom stereocenters. The summed E-state index contributed by atoms with van der Waals surface area (Å²) in [4.78, 5) is 4.48. The number of hydrogen-bond acceptors (Lipinski definition) is 3. The predicted molar refractivity (Wildman–Crippen MR) is 68.7 cm³/mol. The molecule has 1 heterocycles. The Morgan fingerprint density at radius 1 is 1.35 bits per heavy atom. The molecule has 2 rings (SSSR count). The molecule has 17 heavy (non-hydrogen) atoms. The molecule has 0 fully saturated rings. The van der Waals surface area contributed by atoms with Gasteiger partial charge < -0.3 is 5.73 Å². The highest BCUT2D eigenvalue weighted by atomic mass is 15.2. The van der Waals surface area contributed by atoms with Gasteiger partial charge in [0.15, 0.2) is 5.82 Å². The van der Waals surface area contributed by atoms with Gasteiger partial charge in [0.1, 0.15) is 5.82 Å². The molecule has 0 aliphatic carbocycles. The van der Waals surface area contributed by atoms with Crippen LogP contribution in [0.2, 0.25) is 0 Å². The number of nitrogens with two attached hydrogens (primary N) is 1. The standard InChI is InChI=1S/C13H18N4/c1-9(2)12-15-13(17-16-12)11-5-3-4-10(8-11)6-7-14/h3-5,8-9H,6-7,14H2,1-2H3,(H,15,16,17). The Balaban J connectivity index is 2.28. The van der Waals surface area contributed by atoms with Gasteiger partial charge in [0.2, 0.25) is 0 Å². The molecule has 0 amide bonds. The lowest BCUT2D eigenvalue weighted by atomic mass is 10.1. The van der Waals surface area contributed by atoms with Gasteiger partial charge in [-0.1, -0.05) is 32.0 Å². The minimum atomic E-state index is 0.364. The molecule has 1 aromatic heterocycles. The average Bonchev–Trinajstić information content (AvgIpc) is 2.79. The van der Waals surface area contributed by atoms with Crippen LogP contribution in [0.3, 0.4) is 0 Å². The molecule has 0 bridgehead atoms. The van der Waals surface area contributed by atoms with Crippen LogP contribution >= 0.6 is 0 Å². The third-order valence-corrected chi connectivity index (χ3v) is 2.67. The normalized spacial score (nSPS) is 11.1. The number of aromatic amines is 1. The molecule has 0 saturated heterocycles. The highest BCUT2D eigenvalue weighted by Gasteiger charge is 2.08. The first kappa shape index (κ1) is 11.8. The van der Waals surface area contributed by atoms with Crippen molar-refractivity contribution < 1.29 is 0 Å². The van der Waals surface area contributed by atoms with E-state index in [1.165, 1.54) is 5.56 Å². The van der Waals surface area contributed by atoms with Crippen molar-refractivity contribution in [2.24, 2.45) is 5.73 Å². The Bertz CT molecular complexity index is 488. The number of nitrogens with zero attached hydrogens (tertiary/aromatic N) is 2. The van der Waals surface area contributed by atoms with E-state index in [0.29, 0.717) is 12.5 Å². The minimum Gasteiger partial charge on any atom is -0.330 e. The molecule has 4 nitrogen and oxygen atoms in total. The van der Waals surface area contributed by atoms with E-state index < -0.39 is 0 Å². The quantitative estimate of drug-likeness (QED) is 0.845. The number of H-pyrrole nitrogens is 1. The lowest BCUT2D eigenvalue weighted by Crippen LogP contribution is -2.02. The first-order chi connectivity index (χ1) is 8.20. The molecule has 3 N–H and O–H groups in total. The van der Waals surface area contributed by atoms with Crippen molar-refractivity contribution in [2.75, 3.05) is 6.54 Å². The second-order valence-corrected chi connectivity index (χ2v) is 4.44. The molecule has 0 saturated carbocycles. The van der Waals surface area contributed by atoms with Crippen molar-refractivity contribution in [2.45, 2.75) is 26.2 Å². The predicted octanol–water partition coefficient (Wildman–Crippen LogP) is 2.10. The van der Waals surface area contributed by atoms with Gasteiger partial charge in [0.25, 0.3) is 0 Å². The summed E-state index contributed by atoms with van der Waals surface area (Å²) in [6.07, 6.45) is 0.884. The van der Waals surface area contributed by atoms with Crippen LogP contribution < -0.4 is 5.73 Å². The zero-order valence-electron chi connectivity index (χ0n) is 10.3. The Hall–Kier alpha value is -1.68. The molecule has 4 heteroatoms. The molecule has 2 aromatic rings. The Morgan fingerprint density at radius 3 is 2.82 bits per heavy atom. The third kappa shape index (κ3) is 2.71. The zero-order chi connectivity index (χ0) is 12.3. The smallest absolute Gasteiger partial charge is 0.181 e. The summed E-state index contributed by atoms with van der Waals surface area (Å²) < 4.78 is 0. The van der Waals surface area contributed by atoms with Crippen LogP contribution in [0.25, 0.3) is 11.4 Å². The van der Waals surface area contributed by atoms with Gasteiger partial charge in [-0.25, -0.2) is 4.98 Å². The van der Waals surface area contributed by atoms with E-state index >= 15 is 0 Å². The Morgan fingerprint density at radius 2 is 2.18 bits per heavy atom. The fourth-order valence-electron chi connectivity index (χ4n) is 1.69. The molecular formula is C13H18N4. The van der Waals surface area contributed by atoms with Gasteiger partial charge in [-0.05, 0) is 24.6 Å². The van der Waals surface area contributed by atoms with Gasteiger partial charge in [0.05, 0.1) is 0 Å². The monoisotopic (exact) mass is 230 g/mol. The molecule has 0 radical (unpaired) electrons. The fraction of sp³-hybridized carbons (Fsp3) is 0.385. The SMILES string of the molecule is CC(C)c1nc(-c2cccc(CCN)c2)n[nH]1. The lowest BCUT2D eigenvalue weighted by Gasteiger charge is -2.00. The molecule has 0 spiro atoms. The van der Waals surface area contributed by atoms with Crippen LogP contribution in [0.4, 0.5) is 0 Å². The molecule has 0 aliphatic rings. The molecule has 0 aliphatic heterocycles. The summed E-state index contributed by atoms with van der Waals surface area (Å²) in [6, 6.07) is 8.21. The average molecular weight is 230 g/mol. The summed E-state index contributed by atoms with van der Waals surface area (Å²) in [5.74, 6) is 2.04. The van der Waals surface area contributed by atoms with Crippen LogP contribution in [-0.4, -0.2) is 21.7 Å². The molecule has 0 atom stereocenters. The van der Waals surface area contributed by atoms with Gasteiger partial charge in [-0.15, -0.1) is 0 Å². The highest BCUT2D eigenvalue weighted by Crippen LogP contribution is 2.18. The minimum absolute atomic E-state index is 0.364. The third-order valence-electron chi connectivity index (χ3n) is 2.67. The van der Waals surface area contributed by atoms with Crippen molar-refractivity contribution in [1.82, 2.24) is 15.2 Å². The van der Waals surface area contributed by atoms with Crippen LogP contribution in [0.1, 0.15) is 31.2 Å². The first-order valence-corrected chi connectivity index (χ1v) is 5.92. The van der Waals surface area contributed by atoms with Gasteiger partial charge in [0, 0.05) is 11.5 Å². The number of benzene rings is 1. The fourth-order valence-corrected chi connectivity index (χ4v) is 1.69. The maximum Gasteiger partial charge on any atom is 0.181 e. The van der Waals surface area contributed by atoms with E-state index in [1.54, 1.807) is 0 Å². The van der Waals surface area contributed by atoms with E-state index in [1.807, 2.05) is 12.1 Å². The number of aromatic nitrogens is 3. The second-order valence-electron chi connectivity index (χ2n) is 4.44. The van der Waals surface area contributed by atoms with E-state index in [0.717, 1.165) is 23.6 Å². The first-order valence-electron chi connectivity index (χ1n) is 5.92. The van der Waals surface area contributed by atoms with Crippen LogP contribution in [-0.2, 0) is 6.42 Å². The van der Waals surface area contributed by atoms with Gasteiger partial charge in [-0.2, -0.15) is 5.10 Å². The summed E-state index contributed by atoms with van der Waals surface area (Å²) in [6.45, 7) is 4.85. The Labute approximate surface area is 101 Å². The van der Waals surface area contributed by atoms with Crippen molar-refractivity contribution in [1.29, 1.82) is 0 Å². The Kier molecular flexibility index (Phi) is 3.54. The van der Waals surface area contributed by atoms with Crippen molar-refractivity contribution in [3.05, 3.63) is 35.7 Å². The number of hydrogen-bond donors (Lipinski definition) is 2. The van der Waals surface area contributed by atoms with Gasteiger partial charge in [-0.3, -0.25) is 5.10 Å². The van der Waals surface area contributed by atoms with Crippen LogP contribution in [0.5, 0.6) is 0 Å². The molecular weight excluding hydrogens is 212 g/mol. The summed E-state index contributed by atoms with van der Waals surface area (Å²) in [7, 11) is 0. The molecule has 90 valence electrons. The van der Waals surface area contributed by atoms with Gasteiger partial charge >= 0.3 is 0 Å². The maximum absolute atomic E-state index is 5.56.